The summed E-state index contributed by atoms with van der Waals surface area (Å²) in [6.45, 7) is 3.88. The summed E-state index contributed by atoms with van der Waals surface area (Å²) in [5, 5.41) is 8.52. The Labute approximate surface area is 239 Å². The van der Waals surface area contributed by atoms with Crippen LogP contribution >= 0.6 is 0 Å². The molecule has 6 aliphatic rings. The van der Waals surface area contributed by atoms with E-state index in [4.69, 9.17) is 13.9 Å². The van der Waals surface area contributed by atoms with Gasteiger partial charge in [-0.3, -0.25) is 4.72 Å². The molecule has 9 rings (SSSR count). The van der Waals surface area contributed by atoms with Crippen molar-refractivity contribution < 1.29 is 22.3 Å². The average Bonchev–Trinajstić information content (AvgIpc) is 3.63. The third-order valence-corrected chi connectivity index (χ3v) is 11.0. The molecule has 3 aromatic rings. The molecule has 1 aromatic carbocycles. The Morgan fingerprint density at radius 3 is 2.66 bits per heavy atom. The first-order valence-corrected chi connectivity index (χ1v) is 16.2. The van der Waals surface area contributed by atoms with Crippen molar-refractivity contribution in [1.82, 2.24) is 15.2 Å². The highest BCUT2D eigenvalue weighted by molar-refractivity contribution is 7.93. The molecule has 7 heterocycles. The minimum Gasteiger partial charge on any atom is -0.416 e. The number of fused-ring (bicyclic) bond motifs is 2. The van der Waals surface area contributed by atoms with Gasteiger partial charge in [0.05, 0.1) is 46.6 Å². The zero-order valence-corrected chi connectivity index (χ0v) is 23.7. The second kappa shape index (κ2) is 9.67. The molecule has 3 saturated heterocycles. The Kier molecular flexibility index (Phi) is 6.01. The van der Waals surface area contributed by atoms with Gasteiger partial charge in [0, 0.05) is 44.4 Å². The molecule has 0 amide bonds. The van der Waals surface area contributed by atoms with Crippen molar-refractivity contribution in [2.75, 3.05) is 47.3 Å². The van der Waals surface area contributed by atoms with E-state index in [0.717, 1.165) is 80.9 Å². The number of pyridine rings is 1. The van der Waals surface area contributed by atoms with Crippen molar-refractivity contribution in [1.29, 1.82) is 0 Å². The van der Waals surface area contributed by atoms with Gasteiger partial charge in [-0.25, -0.2) is 13.4 Å². The van der Waals surface area contributed by atoms with Crippen molar-refractivity contribution in [3.8, 4) is 22.9 Å². The number of sulfonamides is 1. The van der Waals surface area contributed by atoms with E-state index < -0.39 is 10.0 Å². The minimum atomic E-state index is -3.40. The maximum absolute atomic E-state index is 12.7. The van der Waals surface area contributed by atoms with E-state index >= 15 is 0 Å². The number of ether oxygens (including phenoxy) is 2. The normalized spacial score (nSPS) is 27.7. The molecule has 1 N–H and O–H groups in total. The zero-order valence-electron chi connectivity index (χ0n) is 22.9. The third kappa shape index (κ3) is 4.85. The zero-order chi connectivity index (χ0) is 27.6. The molecule has 9 bridgehead atoms. The molecular weight excluding hydrogens is 544 g/mol. The molecule has 5 aliphatic heterocycles. The van der Waals surface area contributed by atoms with Crippen LogP contribution in [-0.2, 0) is 19.5 Å². The van der Waals surface area contributed by atoms with Crippen LogP contribution in [0, 0.1) is 0 Å². The lowest BCUT2D eigenvalue weighted by Gasteiger charge is -2.40. The van der Waals surface area contributed by atoms with Crippen molar-refractivity contribution in [2.24, 2.45) is 0 Å². The van der Waals surface area contributed by atoms with Crippen LogP contribution in [0.2, 0.25) is 0 Å². The van der Waals surface area contributed by atoms with Gasteiger partial charge in [0.2, 0.25) is 21.8 Å². The lowest BCUT2D eigenvalue weighted by molar-refractivity contribution is -0.0328. The van der Waals surface area contributed by atoms with Crippen molar-refractivity contribution >= 4 is 27.2 Å². The Bertz CT molecular complexity index is 1570. The van der Waals surface area contributed by atoms with Gasteiger partial charge >= 0.3 is 0 Å². The summed E-state index contributed by atoms with van der Waals surface area (Å²) >= 11 is 0. The second-order valence-electron chi connectivity index (χ2n) is 12.0. The van der Waals surface area contributed by atoms with E-state index in [0.29, 0.717) is 36.9 Å². The molecular formula is C29H34N6O5S. The Morgan fingerprint density at radius 1 is 0.951 bits per heavy atom. The Morgan fingerprint density at radius 2 is 1.80 bits per heavy atom. The van der Waals surface area contributed by atoms with E-state index in [-0.39, 0.29) is 23.1 Å². The smallest absolute Gasteiger partial charge is 0.250 e. The summed E-state index contributed by atoms with van der Waals surface area (Å²) in [5.41, 5.74) is 2.80. The van der Waals surface area contributed by atoms with Gasteiger partial charge < -0.3 is 23.7 Å². The SMILES string of the molecule is O=S(=O)(Nc1ccc2c(c1)N1CCC3(CC1)CC(CO3)O[C@@H]1CCCN(C1)c1cc(ccn1)-c1nnc-2o1)C1CC1. The molecule has 12 heteroatoms. The number of benzene rings is 1. The van der Waals surface area contributed by atoms with Gasteiger partial charge in [0.25, 0.3) is 0 Å². The highest BCUT2D eigenvalue weighted by Crippen LogP contribution is 2.42. The lowest BCUT2D eigenvalue weighted by Crippen LogP contribution is -2.45. The van der Waals surface area contributed by atoms with Crippen LogP contribution in [0.3, 0.4) is 0 Å². The molecule has 216 valence electrons. The molecule has 1 spiro atoms. The molecule has 1 unspecified atom stereocenters. The summed E-state index contributed by atoms with van der Waals surface area (Å²) in [6, 6.07) is 9.43. The number of anilines is 3. The minimum absolute atomic E-state index is 0.0911. The van der Waals surface area contributed by atoms with Crippen molar-refractivity contribution in [3.05, 3.63) is 36.5 Å². The first kappa shape index (κ1) is 25.5. The number of nitrogens with zero attached hydrogens (tertiary/aromatic N) is 5. The van der Waals surface area contributed by atoms with E-state index in [1.54, 1.807) is 12.3 Å². The summed E-state index contributed by atoms with van der Waals surface area (Å²) in [5.74, 6) is 1.69. The molecule has 4 fully saturated rings. The molecule has 2 atom stereocenters. The van der Waals surface area contributed by atoms with E-state index in [1.165, 1.54) is 0 Å². The van der Waals surface area contributed by atoms with Crippen LogP contribution in [0.1, 0.15) is 44.9 Å². The fourth-order valence-corrected chi connectivity index (χ4v) is 8.14. The van der Waals surface area contributed by atoms with E-state index in [1.807, 2.05) is 24.3 Å². The third-order valence-electron chi connectivity index (χ3n) is 9.15. The quantitative estimate of drug-likeness (QED) is 0.491. The summed E-state index contributed by atoms with van der Waals surface area (Å²) in [7, 11) is -3.40. The van der Waals surface area contributed by atoms with Gasteiger partial charge in [0.15, 0.2) is 0 Å². The van der Waals surface area contributed by atoms with Crippen LogP contribution in [0.5, 0.6) is 0 Å². The highest BCUT2D eigenvalue weighted by Gasteiger charge is 2.44. The molecule has 2 aromatic heterocycles. The fourth-order valence-electron chi connectivity index (χ4n) is 6.76. The van der Waals surface area contributed by atoms with Gasteiger partial charge in [-0.2, -0.15) is 0 Å². The number of piperidine rings is 2. The maximum Gasteiger partial charge on any atom is 0.250 e. The first-order chi connectivity index (χ1) is 19.9. The topological polar surface area (TPSA) is 123 Å². The van der Waals surface area contributed by atoms with Crippen LogP contribution in [0.4, 0.5) is 17.2 Å². The second-order valence-corrected chi connectivity index (χ2v) is 14.0. The van der Waals surface area contributed by atoms with E-state index in [9.17, 15) is 8.42 Å². The van der Waals surface area contributed by atoms with Gasteiger partial charge in [-0.05, 0) is 68.9 Å². The van der Waals surface area contributed by atoms with Crippen LogP contribution in [-0.4, -0.2) is 79.4 Å². The molecule has 0 radical (unpaired) electrons. The summed E-state index contributed by atoms with van der Waals surface area (Å²) in [6.07, 6.45) is 8.13. The van der Waals surface area contributed by atoms with Gasteiger partial charge in [-0.15, -0.1) is 10.2 Å². The number of hydrogen-bond donors (Lipinski definition) is 1. The maximum atomic E-state index is 12.7. The Balaban J connectivity index is 1.19. The monoisotopic (exact) mass is 578 g/mol. The molecule has 1 aliphatic carbocycles. The van der Waals surface area contributed by atoms with Crippen molar-refractivity contribution in [3.63, 3.8) is 0 Å². The van der Waals surface area contributed by atoms with Gasteiger partial charge in [-0.1, -0.05) is 0 Å². The Hall–Kier alpha value is -3.22. The summed E-state index contributed by atoms with van der Waals surface area (Å²) < 4.78 is 47.6. The number of hydrogen-bond acceptors (Lipinski definition) is 10. The summed E-state index contributed by atoms with van der Waals surface area (Å²) in [4.78, 5) is 9.21. The van der Waals surface area contributed by atoms with Crippen LogP contribution in [0.25, 0.3) is 22.9 Å². The largest absolute Gasteiger partial charge is 0.416 e. The standard InChI is InChI=1S/C29H34N6O5S/c36-41(37,23-4-5-23)33-20-3-6-24-25(15-20)34-12-8-29(9-13-34)16-22(18-38-29)39-21-2-1-11-35(17-21)26-14-19(7-10-30-26)27-31-32-28(24)40-27/h3,6-7,10,14-15,21-23,33H,1-2,4-5,8-9,11-13,16-18H2/t21-,22?/m1/s1. The lowest BCUT2D eigenvalue weighted by atomic mass is 9.87. The predicted octanol–water partition coefficient (Wildman–Crippen LogP) is 3.83. The molecule has 1 saturated carbocycles. The molecule has 41 heavy (non-hydrogen) atoms. The van der Waals surface area contributed by atoms with Gasteiger partial charge in [0.1, 0.15) is 5.82 Å². The van der Waals surface area contributed by atoms with Crippen LogP contribution < -0.4 is 14.5 Å². The van der Waals surface area contributed by atoms with Crippen molar-refractivity contribution in [2.45, 2.75) is 68.0 Å². The number of nitrogens with one attached hydrogen (secondary N) is 1. The first-order valence-electron chi connectivity index (χ1n) is 14.7. The predicted molar refractivity (Wildman–Crippen MR) is 153 cm³/mol. The van der Waals surface area contributed by atoms with Crippen LogP contribution in [0.15, 0.2) is 40.9 Å². The number of aromatic nitrogens is 3. The fraction of sp³-hybridized carbons (Fsp3) is 0.552. The van der Waals surface area contributed by atoms with E-state index in [2.05, 4.69) is 29.7 Å². The highest BCUT2D eigenvalue weighted by atomic mass is 32.2. The average molecular weight is 579 g/mol. The molecule has 11 nitrogen and oxygen atoms in total. The number of rotatable bonds is 3.